The molecule has 4 aromatic rings. The van der Waals surface area contributed by atoms with Gasteiger partial charge in [-0.05, 0) is 61.5 Å². The Labute approximate surface area is 280 Å². The quantitative estimate of drug-likeness (QED) is 0.156. The molecule has 0 amide bonds. The molecule has 2 atom stereocenters. The molecule has 0 radical (unpaired) electrons. The molecule has 2 unspecified atom stereocenters. The van der Waals surface area contributed by atoms with Crippen molar-refractivity contribution in [1.82, 2.24) is 10.0 Å². The molecule has 0 fully saturated rings. The third-order valence-corrected chi connectivity index (χ3v) is 8.57. The van der Waals surface area contributed by atoms with Gasteiger partial charge in [0.05, 0.1) is 23.5 Å². The minimum absolute atomic E-state index is 0.178. The summed E-state index contributed by atoms with van der Waals surface area (Å²) in [6, 6.07) is 32.1. The summed E-state index contributed by atoms with van der Waals surface area (Å²) in [4.78, 5) is 0. The van der Waals surface area contributed by atoms with Gasteiger partial charge in [0.25, 0.3) is 0 Å². The first-order valence-electron chi connectivity index (χ1n) is 15.2. The Hall–Kier alpha value is -4.80. The maximum absolute atomic E-state index is 6.30. The highest BCUT2D eigenvalue weighted by Gasteiger charge is 2.34. The van der Waals surface area contributed by atoms with Gasteiger partial charge in [0.1, 0.15) is 24.7 Å². The maximum Gasteiger partial charge on any atom is 0.187 e. The molecular formula is C36H36N6O2S2. The number of nitrogens with two attached hydrogens (primary N) is 2. The first-order chi connectivity index (χ1) is 22.3. The maximum atomic E-state index is 6.30. The number of thiocarbonyl (C=S) groups is 2. The van der Waals surface area contributed by atoms with Crippen molar-refractivity contribution in [3.05, 3.63) is 130 Å². The number of hydrazone groups is 2. The average Bonchev–Trinajstić information content (AvgIpc) is 3.71. The van der Waals surface area contributed by atoms with E-state index in [4.69, 9.17) is 55.6 Å². The van der Waals surface area contributed by atoms with E-state index in [0.717, 1.165) is 45.2 Å². The summed E-state index contributed by atoms with van der Waals surface area (Å²) in [5, 5.41) is 13.4. The Balaban J connectivity index is 1.14. The molecule has 0 aromatic heterocycles. The summed E-state index contributed by atoms with van der Waals surface area (Å²) in [5.41, 5.74) is 20.5. The van der Waals surface area contributed by atoms with E-state index in [0.29, 0.717) is 26.1 Å². The average molecular weight is 649 g/mol. The Morgan fingerprint density at radius 3 is 1.37 bits per heavy atom. The fourth-order valence-electron chi connectivity index (χ4n) is 5.83. The first-order valence-corrected chi connectivity index (χ1v) is 16.0. The van der Waals surface area contributed by atoms with E-state index in [-0.39, 0.29) is 22.3 Å². The molecule has 6 rings (SSSR count). The standard InChI is InChI=1S/C36H36N6O2S2/c1-23-11-15-25(16-12-23)29-21-31(41(39-29)35(37)45)27-7-3-5-9-33(27)43-19-20-44-34-10-6-4-8-28(34)32-22-30(40-42(32)36(38)46)26-17-13-24(2)14-18-26/h3-18,31-32H,19-22H2,1-2H3,(H2,37,45)(H2,38,46). The third-order valence-electron chi connectivity index (χ3n) is 8.20. The molecule has 0 saturated heterocycles. The van der Waals surface area contributed by atoms with Crippen LogP contribution in [0.3, 0.4) is 0 Å². The number of para-hydroxylation sites is 2. The van der Waals surface area contributed by atoms with Gasteiger partial charge in [0.15, 0.2) is 10.2 Å². The lowest BCUT2D eigenvalue weighted by molar-refractivity contribution is 0.209. The first kappa shape index (κ1) is 31.2. The molecular weight excluding hydrogens is 613 g/mol. The summed E-state index contributed by atoms with van der Waals surface area (Å²) >= 11 is 10.8. The number of hydrogen-bond donors (Lipinski definition) is 2. The molecule has 2 aliphatic heterocycles. The normalized spacial score (nSPS) is 17.4. The Morgan fingerprint density at radius 2 is 1.00 bits per heavy atom. The van der Waals surface area contributed by atoms with E-state index in [9.17, 15) is 0 Å². The second-order valence-corrected chi connectivity index (χ2v) is 12.2. The lowest BCUT2D eigenvalue weighted by Crippen LogP contribution is -2.32. The second kappa shape index (κ2) is 13.7. The number of nitrogens with zero attached hydrogens (tertiary/aromatic N) is 4. The molecule has 46 heavy (non-hydrogen) atoms. The van der Waals surface area contributed by atoms with Crippen molar-refractivity contribution in [2.24, 2.45) is 21.7 Å². The van der Waals surface area contributed by atoms with Crippen molar-refractivity contribution in [1.29, 1.82) is 0 Å². The number of ether oxygens (including phenoxy) is 2. The van der Waals surface area contributed by atoms with Crippen LogP contribution in [0.15, 0.2) is 107 Å². The van der Waals surface area contributed by atoms with Crippen LogP contribution in [0.4, 0.5) is 0 Å². The van der Waals surface area contributed by atoms with Crippen LogP contribution < -0.4 is 20.9 Å². The van der Waals surface area contributed by atoms with E-state index in [1.165, 1.54) is 11.1 Å². The smallest absolute Gasteiger partial charge is 0.187 e. The largest absolute Gasteiger partial charge is 0.490 e. The van der Waals surface area contributed by atoms with E-state index in [2.05, 4.69) is 62.4 Å². The molecule has 4 aromatic carbocycles. The fraction of sp³-hybridized carbons (Fsp3) is 0.222. The molecule has 0 bridgehead atoms. The fourth-order valence-corrected chi connectivity index (χ4v) is 6.17. The van der Waals surface area contributed by atoms with E-state index >= 15 is 0 Å². The summed E-state index contributed by atoms with van der Waals surface area (Å²) in [6.45, 7) is 4.78. The van der Waals surface area contributed by atoms with Crippen molar-refractivity contribution in [3.63, 3.8) is 0 Å². The second-order valence-electron chi connectivity index (χ2n) is 11.4. The van der Waals surface area contributed by atoms with Gasteiger partial charge >= 0.3 is 0 Å². The van der Waals surface area contributed by atoms with Crippen LogP contribution in [0.5, 0.6) is 11.5 Å². The van der Waals surface area contributed by atoms with Crippen LogP contribution >= 0.6 is 24.4 Å². The van der Waals surface area contributed by atoms with Gasteiger partial charge in [0.2, 0.25) is 0 Å². The van der Waals surface area contributed by atoms with E-state index in [1.54, 1.807) is 10.0 Å². The van der Waals surface area contributed by atoms with Crippen molar-refractivity contribution in [2.75, 3.05) is 13.2 Å². The van der Waals surface area contributed by atoms with Crippen LogP contribution in [0.1, 0.15) is 58.3 Å². The van der Waals surface area contributed by atoms with E-state index in [1.807, 2.05) is 48.5 Å². The van der Waals surface area contributed by atoms with Crippen LogP contribution in [0, 0.1) is 13.8 Å². The lowest BCUT2D eigenvalue weighted by atomic mass is 9.97. The van der Waals surface area contributed by atoms with Gasteiger partial charge in [-0.25, -0.2) is 10.0 Å². The van der Waals surface area contributed by atoms with Gasteiger partial charge in [0, 0.05) is 24.0 Å². The molecule has 10 heteroatoms. The number of rotatable bonds is 9. The SMILES string of the molecule is Cc1ccc(C2=NN(C(N)=S)C(c3ccccc3OCCOc3ccccc3C3CC(c4ccc(C)cc4)=NN3C(N)=S)C2)cc1. The van der Waals surface area contributed by atoms with Crippen LogP contribution in [0.2, 0.25) is 0 Å². The van der Waals surface area contributed by atoms with Gasteiger partial charge in [-0.1, -0.05) is 96.1 Å². The van der Waals surface area contributed by atoms with Gasteiger partial charge in [-0.15, -0.1) is 0 Å². The third kappa shape index (κ3) is 6.73. The van der Waals surface area contributed by atoms with Crippen LogP contribution in [0.25, 0.3) is 0 Å². The zero-order chi connectivity index (χ0) is 32.2. The topological polar surface area (TPSA) is 102 Å². The summed E-state index contributed by atoms with van der Waals surface area (Å²) in [6.07, 6.45) is 1.30. The van der Waals surface area contributed by atoms with Gasteiger partial charge < -0.3 is 20.9 Å². The monoisotopic (exact) mass is 648 g/mol. The Bertz CT molecular complexity index is 1670. The number of aryl methyl sites for hydroxylation is 2. The van der Waals surface area contributed by atoms with Gasteiger partial charge in [-0.3, -0.25) is 0 Å². The minimum Gasteiger partial charge on any atom is -0.490 e. The van der Waals surface area contributed by atoms with Crippen LogP contribution in [-0.2, 0) is 0 Å². The van der Waals surface area contributed by atoms with Crippen molar-refractivity contribution < 1.29 is 9.47 Å². The molecule has 2 heterocycles. The summed E-state index contributed by atoms with van der Waals surface area (Å²) < 4.78 is 12.6. The van der Waals surface area contributed by atoms with E-state index < -0.39 is 0 Å². The van der Waals surface area contributed by atoms with Gasteiger partial charge in [-0.2, -0.15) is 10.2 Å². The van der Waals surface area contributed by atoms with Crippen molar-refractivity contribution in [3.8, 4) is 11.5 Å². The molecule has 0 aliphatic carbocycles. The lowest BCUT2D eigenvalue weighted by Gasteiger charge is -2.25. The summed E-state index contributed by atoms with van der Waals surface area (Å²) in [5.74, 6) is 1.47. The molecule has 2 aliphatic rings. The summed E-state index contributed by atoms with van der Waals surface area (Å²) in [7, 11) is 0. The predicted molar refractivity (Wildman–Crippen MR) is 191 cm³/mol. The predicted octanol–water partition coefficient (Wildman–Crippen LogP) is 6.55. The number of benzene rings is 4. The zero-order valence-corrected chi connectivity index (χ0v) is 27.4. The van der Waals surface area contributed by atoms with Crippen LogP contribution in [-0.4, -0.2) is 44.9 Å². The highest BCUT2D eigenvalue weighted by atomic mass is 32.1. The Kier molecular flexibility index (Phi) is 9.28. The minimum atomic E-state index is -0.178. The number of hydrogen-bond acceptors (Lipinski definition) is 6. The highest BCUT2D eigenvalue weighted by molar-refractivity contribution is 7.80. The molecule has 0 spiro atoms. The zero-order valence-electron chi connectivity index (χ0n) is 25.8. The molecule has 4 N–H and O–H groups in total. The molecule has 234 valence electrons. The van der Waals surface area contributed by atoms with Crippen molar-refractivity contribution >= 4 is 46.1 Å². The Morgan fingerprint density at radius 1 is 0.630 bits per heavy atom. The van der Waals surface area contributed by atoms with Crippen molar-refractivity contribution in [2.45, 2.75) is 38.8 Å². The molecule has 0 saturated carbocycles. The molecule has 8 nitrogen and oxygen atoms in total. The highest BCUT2D eigenvalue weighted by Crippen LogP contribution is 2.39.